The van der Waals surface area contributed by atoms with Gasteiger partial charge in [0.2, 0.25) is 0 Å². The third-order valence-corrected chi connectivity index (χ3v) is 4.92. The Hall–Kier alpha value is -2.41. The highest BCUT2D eigenvalue weighted by molar-refractivity contribution is 5.74. The first-order valence-electron chi connectivity index (χ1n) is 8.71. The summed E-state index contributed by atoms with van der Waals surface area (Å²) in [7, 11) is 0. The van der Waals surface area contributed by atoms with Gasteiger partial charge >= 0.3 is 6.03 Å². The highest BCUT2D eigenvalue weighted by Gasteiger charge is 2.36. The molecule has 1 fully saturated rings. The van der Waals surface area contributed by atoms with Gasteiger partial charge in [0.25, 0.3) is 0 Å². The number of aliphatic hydroxyl groups is 1. The van der Waals surface area contributed by atoms with Crippen LogP contribution in [0.4, 0.5) is 4.79 Å². The zero-order chi connectivity index (χ0) is 17.7. The lowest BCUT2D eigenvalue weighted by Crippen LogP contribution is -2.45. The Morgan fingerprint density at radius 1 is 1.36 bits per heavy atom. The Balaban J connectivity index is 1.50. The first kappa shape index (κ1) is 17.4. The van der Waals surface area contributed by atoms with E-state index in [0.29, 0.717) is 18.9 Å². The fourth-order valence-corrected chi connectivity index (χ4v) is 3.23. The molecular weight excluding hydrogens is 318 g/mol. The Morgan fingerprint density at radius 2 is 2.20 bits per heavy atom. The molecule has 1 aliphatic carbocycles. The quantitative estimate of drug-likeness (QED) is 0.618. The molecule has 2 aromatic rings. The van der Waals surface area contributed by atoms with Crippen LogP contribution in [-0.2, 0) is 6.54 Å². The first-order chi connectivity index (χ1) is 12.1. The van der Waals surface area contributed by atoms with Gasteiger partial charge in [-0.15, -0.1) is 0 Å². The summed E-state index contributed by atoms with van der Waals surface area (Å²) in [5.41, 5.74) is 2.00. The molecule has 3 rings (SSSR count). The van der Waals surface area contributed by atoms with Crippen LogP contribution in [0.2, 0.25) is 0 Å². The van der Waals surface area contributed by atoms with Crippen molar-refractivity contribution in [3.63, 3.8) is 0 Å². The van der Waals surface area contributed by atoms with Crippen LogP contribution in [0.3, 0.4) is 0 Å². The molecule has 7 heteroatoms. The Kier molecular flexibility index (Phi) is 5.33. The fraction of sp³-hybridized carbons (Fsp3) is 0.500. The van der Waals surface area contributed by atoms with Crippen LogP contribution in [0.5, 0.6) is 0 Å². The summed E-state index contributed by atoms with van der Waals surface area (Å²) in [6.45, 7) is 3.10. The number of aryl methyl sites for hydroxylation is 1. The van der Waals surface area contributed by atoms with Crippen LogP contribution in [0.1, 0.15) is 37.1 Å². The molecule has 4 N–H and O–H groups in total. The summed E-state index contributed by atoms with van der Waals surface area (Å²) in [6, 6.07) is 7.63. The summed E-state index contributed by atoms with van der Waals surface area (Å²) in [5, 5.41) is 22.0. The molecular formula is C18H25N5O2. The van der Waals surface area contributed by atoms with E-state index in [1.807, 2.05) is 31.2 Å². The van der Waals surface area contributed by atoms with E-state index < -0.39 is 0 Å². The molecule has 7 nitrogen and oxygen atoms in total. The average Bonchev–Trinajstić information content (AvgIpc) is 3.02. The van der Waals surface area contributed by atoms with Crippen molar-refractivity contribution in [3.8, 4) is 11.4 Å². The molecule has 0 atom stereocenters. The van der Waals surface area contributed by atoms with Gasteiger partial charge in [-0.05, 0) is 43.2 Å². The molecule has 1 heterocycles. The minimum Gasteiger partial charge on any atom is -0.396 e. The maximum atomic E-state index is 12.1. The molecule has 0 spiro atoms. The van der Waals surface area contributed by atoms with E-state index >= 15 is 0 Å². The monoisotopic (exact) mass is 343 g/mol. The largest absolute Gasteiger partial charge is 0.396 e. The number of aromatic amines is 1. The van der Waals surface area contributed by atoms with E-state index in [4.69, 9.17) is 5.11 Å². The van der Waals surface area contributed by atoms with E-state index in [1.54, 1.807) is 0 Å². The molecule has 1 aromatic heterocycles. The average molecular weight is 343 g/mol. The summed E-state index contributed by atoms with van der Waals surface area (Å²) in [6.07, 6.45) is 4.08. The lowest BCUT2D eigenvalue weighted by molar-refractivity contribution is 0.0885. The van der Waals surface area contributed by atoms with Crippen LogP contribution < -0.4 is 10.6 Å². The van der Waals surface area contributed by atoms with Crippen molar-refractivity contribution in [1.29, 1.82) is 0 Å². The Bertz CT molecular complexity index is 724. The Labute approximate surface area is 147 Å². The van der Waals surface area contributed by atoms with Crippen molar-refractivity contribution < 1.29 is 9.90 Å². The van der Waals surface area contributed by atoms with Gasteiger partial charge in [-0.25, -0.2) is 9.78 Å². The number of hydrogen-bond acceptors (Lipinski definition) is 4. The highest BCUT2D eigenvalue weighted by Crippen LogP contribution is 2.43. The van der Waals surface area contributed by atoms with Crippen LogP contribution >= 0.6 is 0 Å². The van der Waals surface area contributed by atoms with Crippen molar-refractivity contribution in [2.45, 2.75) is 39.2 Å². The summed E-state index contributed by atoms with van der Waals surface area (Å²) < 4.78 is 0. The van der Waals surface area contributed by atoms with Crippen LogP contribution in [0.25, 0.3) is 11.4 Å². The third kappa shape index (κ3) is 4.36. The molecule has 0 aliphatic heterocycles. The normalized spacial score (nSPS) is 15.4. The van der Waals surface area contributed by atoms with Gasteiger partial charge in [0.15, 0.2) is 5.82 Å². The smallest absolute Gasteiger partial charge is 0.315 e. The predicted octanol–water partition coefficient (Wildman–Crippen LogP) is 2.13. The number of carbonyl (C=O) groups excluding carboxylic acids is 1. The lowest BCUT2D eigenvalue weighted by Gasteiger charge is -2.41. The van der Waals surface area contributed by atoms with Crippen LogP contribution in [0.15, 0.2) is 24.3 Å². The van der Waals surface area contributed by atoms with Crippen molar-refractivity contribution in [3.05, 3.63) is 35.7 Å². The second-order valence-corrected chi connectivity index (χ2v) is 6.81. The second-order valence-electron chi connectivity index (χ2n) is 6.81. The minimum atomic E-state index is -0.177. The number of benzene rings is 1. The van der Waals surface area contributed by atoms with Crippen molar-refractivity contribution in [2.75, 3.05) is 13.2 Å². The van der Waals surface area contributed by atoms with Gasteiger partial charge in [-0.3, -0.25) is 5.10 Å². The van der Waals surface area contributed by atoms with Gasteiger partial charge in [0, 0.05) is 25.3 Å². The van der Waals surface area contributed by atoms with E-state index in [9.17, 15) is 4.79 Å². The molecule has 0 unspecified atom stereocenters. The number of aromatic nitrogens is 3. The zero-order valence-electron chi connectivity index (χ0n) is 14.5. The van der Waals surface area contributed by atoms with Gasteiger partial charge in [-0.1, -0.05) is 24.6 Å². The number of hydrogen-bond donors (Lipinski definition) is 4. The van der Waals surface area contributed by atoms with Crippen molar-refractivity contribution >= 4 is 6.03 Å². The van der Waals surface area contributed by atoms with E-state index in [1.165, 1.54) is 6.42 Å². The SMILES string of the molecule is Cc1nc(-c2cccc(CNC(=O)NCC3(CCO)CCC3)c2)n[nH]1. The van der Waals surface area contributed by atoms with Gasteiger partial charge in [0.05, 0.1) is 0 Å². The zero-order valence-corrected chi connectivity index (χ0v) is 14.5. The first-order valence-corrected chi connectivity index (χ1v) is 8.71. The van der Waals surface area contributed by atoms with Gasteiger partial charge in [-0.2, -0.15) is 5.10 Å². The second kappa shape index (κ2) is 7.65. The number of carbonyl (C=O) groups is 1. The number of rotatable bonds is 7. The number of aliphatic hydroxyl groups excluding tert-OH is 1. The Morgan fingerprint density at radius 3 is 2.84 bits per heavy atom. The number of urea groups is 1. The third-order valence-electron chi connectivity index (χ3n) is 4.92. The molecule has 1 aliphatic rings. The molecule has 1 saturated carbocycles. The summed E-state index contributed by atoms with van der Waals surface area (Å²) >= 11 is 0. The van der Waals surface area contributed by atoms with E-state index in [2.05, 4.69) is 25.8 Å². The van der Waals surface area contributed by atoms with Crippen molar-refractivity contribution in [1.82, 2.24) is 25.8 Å². The van der Waals surface area contributed by atoms with E-state index in [-0.39, 0.29) is 18.1 Å². The molecule has 0 saturated heterocycles. The molecule has 134 valence electrons. The number of amides is 2. The topological polar surface area (TPSA) is 103 Å². The molecule has 1 aromatic carbocycles. The maximum absolute atomic E-state index is 12.1. The molecule has 0 bridgehead atoms. The predicted molar refractivity (Wildman–Crippen MR) is 94.8 cm³/mol. The summed E-state index contributed by atoms with van der Waals surface area (Å²) in [5.74, 6) is 1.42. The standard InChI is InChI=1S/C18H25N5O2/c1-13-21-16(23-22-13)15-5-2-4-14(10-15)11-19-17(25)20-12-18(8-9-24)6-3-7-18/h2,4-5,10,24H,3,6-9,11-12H2,1H3,(H2,19,20,25)(H,21,22,23). The van der Waals surface area contributed by atoms with Crippen molar-refractivity contribution in [2.24, 2.45) is 5.41 Å². The van der Waals surface area contributed by atoms with Crippen LogP contribution in [0, 0.1) is 12.3 Å². The maximum Gasteiger partial charge on any atom is 0.315 e. The number of H-pyrrole nitrogens is 1. The minimum absolute atomic E-state index is 0.0927. The highest BCUT2D eigenvalue weighted by atomic mass is 16.3. The number of nitrogens with one attached hydrogen (secondary N) is 3. The number of nitrogens with zero attached hydrogens (tertiary/aromatic N) is 2. The molecule has 2 amide bonds. The lowest BCUT2D eigenvalue weighted by atomic mass is 9.67. The van der Waals surface area contributed by atoms with Crippen LogP contribution in [-0.4, -0.2) is 39.5 Å². The van der Waals surface area contributed by atoms with Gasteiger partial charge < -0.3 is 15.7 Å². The molecule has 0 radical (unpaired) electrons. The van der Waals surface area contributed by atoms with E-state index in [0.717, 1.165) is 36.2 Å². The van der Waals surface area contributed by atoms with Gasteiger partial charge in [0.1, 0.15) is 5.82 Å². The summed E-state index contributed by atoms with van der Waals surface area (Å²) in [4.78, 5) is 16.4. The fourth-order valence-electron chi connectivity index (χ4n) is 3.23. The molecule has 25 heavy (non-hydrogen) atoms.